The predicted molar refractivity (Wildman–Crippen MR) is 102 cm³/mol. The summed E-state index contributed by atoms with van der Waals surface area (Å²) >= 11 is 0. The molecule has 2 aliphatic rings. The van der Waals surface area contributed by atoms with E-state index in [0.717, 1.165) is 23.9 Å². The van der Waals surface area contributed by atoms with Crippen molar-refractivity contribution in [2.45, 2.75) is 98.7 Å². The molecule has 2 unspecified atom stereocenters. The van der Waals surface area contributed by atoms with Gasteiger partial charge in [0.15, 0.2) is 0 Å². The minimum Gasteiger partial charge on any atom is -0.298 e. The van der Waals surface area contributed by atoms with Gasteiger partial charge < -0.3 is 0 Å². The van der Waals surface area contributed by atoms with Crippen LogP contribution in [0.4, 0.5) is 0 Å². The maximum absolute atomic E-state index is 2.83. The number of nitrogens with zero attached hydrogens (tertiary/aromatic N) is 2. The normalized spacial score (nSPS) is 33.1. The Bertz CT molecular complexity index is 356. The molecule has 23 heavy (non-hydrogen) atoms. The Morgan fingerprint density at radius 3 is 1.70 bits per heavy atom. The van der Waals surface area contributed by atoms with E-state index in [1.807, 2.05) is 0 Å². The average molecular weight is 323 g/mol. The van der Waals surface area contributed by atoms with E-state index in [9.17, 15) is 0 Å². The van der Waals surface area contributed by atoms with E-state index < -0.39 is 0 Å². The molecule has 2 nitrogen and oxygen atoms in total. The van der Waals surface area contributed by atoms with Crippen molar-refractivity contribution >= 4 is 0 Å². The standard InChI is InChI=1S/C21H42N2/c1-16-13-19(20(3,4)5)14-17(2)23(16)15-18-9-11-22(12-10-18)21(6,7)8/h16-19H,9-15H2,1-8H3. The Morgan fingerprint density at radius 1 is 0.826 bits per heavy atom. The molecule has 2 heteroatoms. The second kappa shape index (κ2) is 7.04. The van der Waals surface area contributed by atoms with Gasteiger partial charge in [0, 0.05) is 24.2 Å². The molecular weight excluding hydrogens is 280 g/mol. The van der Waals surface area contributed by atoms with Crippen molar-refractivity contribution in [2.24, 2.45) is 17.3 Å². The molecule has 0 aromatic heterocycles. The Balaban J connectivity index is 1.87. The molecule has 0 aromatic rings. The summed E-state index contributed by atoms with van der Waals surface area (Å²) in [5.41, 5.74) is 0.809. The molecule has 2 atom stereocenters. The van der Waals surface area contributed by atoms with Crippen molar-refractivity contribution in [2.75, 3.05) is 19.6 Å². The van der Waals surface area contributed by atoms with Gasteiger partial charge in [-0.05, 0) is 90.6 Å². The van der Waals surface area contributed by atoms with Crippen LogP contribution in [0.25, 0.3) is 0 Å². The molecular formula is C21H42N2. The smallest absolute Gasteiger partial charge is 0.0125 e. The highest BCUT2D eigenvalue weighted by molar-refractivity contribution is 4.91. The number of hydrogen-bond acceptors (Lipinski definition) is 2. The lowest BCUT2D eigenvalue weighted by atomic mass is 9.71. The first-order valence-corrected chi connectivity index (χ1v) is 9.99. The number of likely N-dealkylation sites (tertiary alicyclic amines) is 2. The summed E-state index contributed by atoms with van der Waals surface area (Å²) in [6, 6.07) is 1.51. The summed E-state index contributed by atoms with van der Waals surface area (Å²) in [5, 5.41) is 0. The zero-order valence-corrected chi connectivity index (χ0v) is 17.2. The van der Waals surface area contributed by atoms with Gasteiger partial charge in [-0.15, -0.1) is 0 Å². The van der Waals surface area contributed by atoms with E-state index in [-0.39, 0.29) is 0 Å². The van der Waals surface area contributed by atoms with Crippen LogP contribution in [0.3, 0.4) is 0 Å². The van der Waals surface area contributed by atoms with Gasteiger partial charge >= 0.3 is 0 Å². The lowest BCUT2D eigenvalue weighted by molar-refractivity contribution is 0.00458. The zero-order chi connectivity index (χ0) is 17.4. The fraction of sp³-hybridized carbons (Fsp3) is 1.00. The van der Waals surface area contributed by atoms with Crippen LogP contribution in [0.15, 0.2) is 0 Å². The van der Waals surface area contributed by atoms with Crippen LogP contribution in [0, 0.1) is 17.3 Å². The minimum atomic E-state index is 0.344. The summed E-state index contributed by atoms with van der Waals surface area (Å²) in [4.78, 5) is 5.50. The van der Waals surface area contributed by atoms with Gasteiger partial charge in [0.1, 0.15) is 0 Å². The molecule has 2 aliphatic heterocycles. The summed E-state index contributed by atoms with van der Waals surface area (Å²) in [6.45, 7) is 23.2. The molecule has 0 radical (unpaired) electrons. The van der Waals surface area contributed by atoms with Crippen LogP contribution >= 0.6 is 0 Å². The first-order valence-electron chi connectivity index (χ1n) is 9.99. The third-order valence-electron chi connectivity index (χ3n) is 6.64. The van der Waals surface area contributed by atoms with E-state index in [2.05, 4.69) is 65.2 Å². The zero-order valence-electron chi connectivity index (χ0n) is 17.2. The summed E-state index contributed by atoms with van der Waals surface area (Å²) < 4.78 is 0. The molecule has 2 rings (SSSR count). The van der Waals surface area contributed by atoms with Crippen LogP contribution < -0.4 is 0 Å². The Hall–Kier alpha value is -0.0800. The van der Waals surface area contributed by atoms with Gasteiger partial charge in [-0.1, -0.05) is 20.8 Å². The van der Waals surface area contributed by atoms with Gasteiger partial charge in [-0.2, -0.15) is 0 Å². The number of piperidine rings is 2. The molecule has 0 bridgehead atoms. The van der Waals surface area contributed by atoms with Crippen LogP contribution in [0.2, 0.25) is 0 Å². The Morgan fingerprint density at radius 2 is 1.30 bits per heavy atom. The fourth-order valence-electron chi connectivity index (χ4n) is 4.78. The Labute approximate surface area is 146 Å². The topological polar surface area (TPSA) is 6.48 Å². The van der Waals surface area contributed by atoms with Crippen molar-refractivity contribution in [3.63, 3.8) is 0 Å². The van der Waals surface area contributed by atoms with E-state index in [4.69, 9.17) is 0 Å². The number of hydrogen-bond donors (Lipinski definition) is 0. The maximum Gasteiger partial charge on any atom is 0.0125 e. The lowest BCUT2D eigenvalue weighted by Gasteiger charge is -2.49. The summed E-state index contributed by atoms with van der Waals surface area (Å²) in [6.07, 6.45) is 5.54. The van der Waals surface area contributed by atoms with Crippen molar-refractivity contribution in [3.05, 3.63) is 0 Å². The minimum absolute atomic E-state index is 0.344. The monoisotopic (exact) mass is 322 g/mol. The van der Waals surface area contributed by atoms with Gasteiger partial charge in [0.25, 0.3) is 0 Å². The van der Waals surface area contributed by atoms with E-state index in [1.54, 1.807) is 0 Å². The molecule has 0 amide bonds. The average Bonchev–Trinajstić information content (AvgIpc) is 2.41. The molecule has 0 aliphatic carbocycles. The second-order valence-electron chi connectivity index (χ2n) is 10.5. The van der Waals surface area contributed by atoms with Crippen molar-refractivity contribution in [3.8, 4) is 0 Å². The fourth-order valence-corrected chi connectivity index (χ4v) is 4.78. The molecule has 2 fully saturated rings. The van der Waals surface area contributed by atoms with Crippen LogP contribution in [-0.2, 0) is 0 Å². The first-order chi connectivity index (χ1) is 10.5. The molecule has 2 saturated heterocycles. The van der Waals surface area contributed by atoms with Crippen molar-refractivity contribution in [1.82, 2.24) is 9.80 Å². The van der Waals surface area contributed by atoms with Crippen LogP contribution in [0.5, 0.6) is 0 Å². The highest BCUT2D eigenvalue weighted by atomic mass is 15.2. The second-order valence-corrected chi connectivity index (χ2v) is 10.5. The van der Waals surface area contributed by atoms with Crippen LogP contribution in [0.1, 0.15) is 81.1 Å². The highest BCUT2D eigenvalue weighted by Gasteiger charge is 2.37. The summed E-state index contributed by atoms with van der Waals surface area (Å²) in [5.74, 6) is 1.79. The maximum atomic E-state index is 2.83. The van der Waals surface area contributed by atoms with Gasteiger partial charge in [-0.3, -0.25) is 9.80 Å². The first kappa shape index (κ1) is 19.2. The highest BCUT2D eigenvalue weighted by Crippen LogP contribution is 2.40. The van der Waals surface area contributed by atoms with Gasteiger partial charge in [-0.25, -0.2) is 0 Å². The third-order valence-corrected chi connectivity index (χ3v) is 6.64. The SMILES string of the molecule is CC1CC(C(C)(C)C)CC(C)N1CC1CCN(C(C)(C)C)CC1. The van der Waals surface area contributed by atoms with Crippen LogP contribution in [-0.4, -0.2) is 47.1 Å². The molecule has 0 spiro atoms. The largest absolute Gasteiger partial charge is 0.298 e. The molecule has 0 saturated carbocycles. The molecule has 2 heterocycles. The van der Waals surface area contributed by atoms with Gasteiger partial charge in [0.2, 0.25) is 0 Å². The molecule has 0 N–H and O–H groups in total. The van der Waals surface area contributed by atoms with Crippen molar-refractivity contribution in [1.29, 1.82) is 0 Å². The van der Waals surface area contributed by atoms with E-state index in [0.29, 0.717) is 11.0 Å². The van der Waals surface area contributed by atoms with Crippen molar-refractivity contribution < 1.29 is 0 Å². The third kappa shape index (κ3) is 4.95. The van der Waals surface area contributed by atoms with E-state index in [1.165, 1.54) is 45.3 Å². The number of rotatable bonds is 2. The molecule has 136 valence electrons. The van der Waals surface area contributed by atoms with E-state index >= 15 is 0 Å². The van der Waals surface area contributed by atoms with Gasteiger partial charge in [0.05, 0.1) is 0 Å². The summed E-state index contributed by atoms with van der Waals surface area (Å²) in [7, 11) is 0. The lowest BCUT2D eigenvalue weighted by Crippen LogP contribution is -2.52. The quantitative estimate of drug-likeness (QED) is 0.703. The molecule has 0 aromatic carbocycles. The Kier molecular flexibility index (Phi) is 5.89. The predicted octanol–water partition coefficient (Wildman–Crippen LogP) is 5.03.